The first-order valence-corrected chi connectivity index (χ1v) is 4.99. The van der Waals surface area contributed by atoms with E-state index in [1.807, 2.05) is 6.92 Å². The van der Waals surface area contributed by atoms with Crippen LogP contribution in [0.4, 0.5) is 0 Å². The Kier molecular flexibility index (Phi) is 2.46. The minimum Gasteiger partial charge on any atom is -0.368 e. The monoisotopic (exact) mass is 187 g/mol. The highest BCUT2D eigenvalue weighted by Gasteiger charge is 2.49. The number of hydrogen-bond acceptors (Lipinski definition) is 3. The number of ketones is 1. The molecule has 0 saturated carbocycles. The number of hydrogen-bond donors (Lipinski definition) is 1. The van der Waals surface area contributed by atoms with Crippen LogP contribution in [-0.4, -0.2) is 22.2 Å². The fourth-order valence-corrected chi connectivity index (χ4v) is 2.95. The summed E-state index contributed by atoms with van der Waals surface area (Å²) in [7, 11) is 0. The van der Waals surface area contributed by atoms with Gasteiger partial charge in [0.1, 0.15) is 10.5 Å². The molecule has 3 nitrogen and oxygen atoms in total. The molecule has 1 heterocycles. The van der Waals surface area contributed by atoms with Gasteiger partial charge in [-0.3, -0.25) is 9.59 Å². The number of primary amides is 1. The van der Waals surface area contributed by atoms with Crippen LogP contribution in [0.2, 0.25) is 0 Å². The van der Waals surface area contributed by atoms with E-state index < -0.39 is 4.75 Å². The summed E-state index contributed by atoms with van der Waals surface area (Å²) >= 11 is 1.39. The first-order valence-electron chi connectivity index (χ1n) is 4.01. The molecule has 0 aromatic heterocycles. The summed E-state index contributed by atoms with van der Waals surface area (Å²) in [6, 6.07) is 0. The van der Waals surface area contributed by atoms with Gasteiger partial charge in [0, 0.05) is 5.92 Å². The van der Waals surface area contributed by atoms with Crippen LogP contribution in [0, 0.1) is 5.92 Å². The van der Waals surface area contributed by atoms with E-state index in [0.717, 1.165) is 0 Å². The molecule has 0 radical (unpaired) electrons. The van der Waals surface area contributed by atoms with Gasteiger partial charge in [0.15, 0.2) is 0 Å². The minimum absolute atomic E-state index is 0.139. The summed E-state index contributed by atoms with van der Waals surface area (Å²) in [5.74, 6) is -0.00296. The molecular formula is C8H13NO2S. The van der Waals surface area contributed by atoms with Gasteiger partial charge in [0.2, 0.25) is 5.91 Å². The maximum Gasteiger partial charge on any atom is 0.234 e. The van der Waals surface area contributed by atoms with Crippen LogP contribution in [0.5, 0.6) is 0 Å². The molecule has 0 aliphatic carbocycles. The van der Waals surface area contributed by atoms with Crippen molar-refractivity contribution in [1.29, 1.82) is 0 Å². The van der Waals surface area contributed by atoms with E-state index in [2.05, 4.69) is 0 Å². The van der Waals surface area contributed by atoms with Gasteiger partial charge < -0.3 is 5.73 Å². The van der Waals surface area contributed by atoms with E-state index in [9.17, 15) is 9.59 Å². The van der Waals surface area contributed by atoms with Crippen LogP contribution in [0.25, 0.3) is 0 Å². The van der Waals surface area contributed by atoms with E-state index in [-0.39, 0.29) is 17.6 Å². The van der Waals surface area contributed by atoms with Gasteiger partial charge in [-0.25, -0.2) is 0 Å². The molecule has 1 rings (SSSR count). The maximum absolute atomic E-state index is 11.2. The zero-order chi connectivity index (χ0) is 9.35. The van der Waals surface area contributed by atoms with Gasteiger partial charge in [-0.1, -0.05) is 13.8 Å². The molecule has 2 N–H and O–H groups in total. The third kappa shape index (κ3) is 1.14. The molecule has 68 valence electrons. The van der Waals surface area contributed by atoms with Crippen LogP contribution in [-0.2, 0) is 9.59 Å². The normalized spacial score (nSPS) is 35.5. The maximum atomic E-state index is 11.2. The van der Waals surface area contributed by atoms with Crippen molar-refractivity contribution in [3.05, 3.63) is 0 Å². The average Bonchev–Trinajstić information content (AvgIpc) is 2.31. The Balaban J connectivity index is 2.95. The molecule has 0 aromatic carbocycles. The van der Waals surface area contributed by atoms with Gasteiger partial charge in [-0.05, 0) is 6.42 Å². The highest BCUT2D eigenvalue weighted by Crippen LogP contribution is 2.42. The fraction of sp³-hybridized carbons (Fsp3) is 0.750. The van der Waals surface area contributed by atoms with Crippen LogP contribution >= 0.6 is 11.8 Å². The lowest BCUT2D eigenvalue weighted by molar-refractivity contribution is -0.127. The molecule has 0 spiro atoms. The topological polar surface area (TPSA) is 60.2 Å². The van der Waals surface area contributed by atoms with Crippen molar-refractivity contribution in [3.63, 3.8) is 0 Å². The Bertz CT molecular complexity index is 229. The van der Waals surface area contributed by atoms with Crippen LogP contribution in [0.1, 0.15) is 20.3 Å². The van der Waals surface area contributed by atoms with Crippen molar-refractivity contribution >= 4 is 23.5 Å². The van der Waals surface area contributed by atoms with Gasteiger partial charge >= 0.3 is 0 Å². The van der Waals surface area contributed by atoms with Crippen LogP contribution in [0.3, 0.4) is 0 Å². The third-order valence-electron chi connectivity index (χ3n) is 2.60. The lowest BCUT2D eigenvalue weighted by Gasteiger charge is -2.26. The van der Waals surface area contributed by atoms with Gasteiger partial charge in [0.25, 0.3) is 0 Å². The van der Waals surface area contributed by atoms with Crippen LogP contribution in [0.15, 0.2) is 0 Å². The van der Waals surface area contributed by atoms with Crippen molar-refractivity contribution in [2.45, 2.75) is 25.0 Å². The SMILES string of the molecule is CCC1(C(N)=O)SCC(=O)C1C. The smallest absolute Gasteiger partial charge is 0.234 e. The van der Waals surface area contributed by atoms with E-state index >= 15 is 0 Å². The zero-order valence-electron chi connectivity index (χ0n) is 7.29. The fourth-order valence-electron chi connectivity index (χ4n) is 1.58. The Morgan fingerprint density at radius 1 is 1.83 bits per heavy atom. The Hall–Kier alpha value is -0.510. The van der Waals surface area contributed by atoms with Gasteiger partial charge in [0.05, 0.1) is 5.75 Å². The molecule has 1 aliphatic rings. The summed E-state index contributed by atoms with van der Waals surface area (Å²) in [5, 5.41) is 0. The standard InChI is InChI=1S/C8H13NO2S/c1-3-8(7(9)11)5(2)6(10)4-12-8/h5H,3-4H2,1-2H3,(H2,9,11). The molecule has 1 saturated heterocycles. The predicted octanol–water partition coefficient (Wildman–Crippen LogP) is 0.572. The van der Waals surface area contributed by atoms with Crippen molar-refractivity contribution < 1.29 is 9.59 Å². The number of nitrogens with two attached hydrogens (primary N) is 1. The van der Waals surface area contributed by atoms with Crippen molar-refractivity contribution in [2.75, 3.05) is 5.75 Å². The van der Waals surface area contributed by atoms with Crippen molar-refractivity contribution in [2.24, 2.45) is 11.7 Å². The van der Waals surface area contributed by atoms with E-state index in [1.165, 1.54) is 11.8 Å². The van der Waals surface area contributed by atoms with E-state index in [4.69, 9.17) is 5.73 Å². The molecule has 4 heteroatoms. The number of thioether (sulfide) groups is 1. The molecule has 2 atom stereocenters. The molecule has 12 heavy (non-hydrogen) atoms. The average molecular weight is 187 g/mol. The second-order valence-electron chi connectivity index (χ2n) is 3.08. The molecule has 2 unspecified atom stereocenters. The van der Waals surface area contributed by atoms with E-state index in [0.29, 0.717) is 12.2 Å². The summed E-state index contributed by atoms with van der Waals surface area (Å²) in [6.07, 6.45) is 0.639. The molecule has 1 aliphatic heterocycles. The molecular weight excluding hydrogens is 174 g/mol. The first-order chi connectivity index (χ1) is 5.54. The second-order valence-corrected chi connectivity index (χ2v) is 4.39. The second kappa shape index (κ2) is 3.09. The first kappa shape index (κ1) is 9.58. The summed E-state index contributed by atoms with van der Waals surface area (Å²) in [4.78, 5) is 22.4. The Morgan fingerprint density at radius 2 is 2.42 bits per heavy atom. The minimum atomic E-state index is -0.628. The highest BCUT2D eigenvalue weighted by atomic mass is 32.2. The largest absolute Gasteiger partial charge is 0.368 e. The van der Waals surface area contributed by atoms with Gasteiger partial charge in [-0.2, -0.15) is 0 Å². The summed E-state index contributed by atoms with van der Waals surface area (Å²) in [5.41, 5.74) is 5.28. The lowest BCUT2D eigenvalue weighted by Crippen LogP contribution is -2.44. The number of rotatable bonds is 2. The number of amides is 1. The summed E-state index contributed by atoms with van der Waals surface area (Å²) < 4.78 is -0.628. The van der Waals surface area contributed by atoms with Crippen LogP contribution < -0.4 is 5.73 Å². The predicted molar refractivity (Wildman–Crippen MR) is 48.8 cm³/mol. The molecule has 1 fully saturated rings. The molecule has 0 aromatic rings. The van der Waals surface area contributed by atoms with Crippen molar-refractivity contribution in [1.82, 2.24) is 0 Å². The number of Topliss-reactive ketones (excluding diaryl/α,β-unsaturated/α-hetero) is 1. The lowest BCUT2D eigenvalue weighted by atomic mass is 9.88. The molecule has 1 amide bonds. The van der Waals surface area contributed by atoms with E-state index in [1.54, 1.807) is 6.92 Å². The Labute approximate surface area is 76.1 Å². The zero-order valence-corrected chi connectivity index (χ0v) is 8.11. The quantitative estimate of drug-likeness (QED) is 0.687. The third-order valence-corrected chi connectivity index (χ3v) is 4.38. The van der Waals surface area contributed by atoms with Crippen molar-refractivity contribution in [3.8, 4) is 0 Å². The summed E-state index contributed by atoms with van der Waals surface area (Å²) in [6.45, 7) is 3.68. The Morgan fingerprint density at radius 3 is 2.58 bits per heavy atom. The highest BCUT2D eigenvalue weighted by molar-refractivity contribution is 8.02. The number of carbonyl (C=O) groups is 2. The van der Waals surface area contributed by atoms with Gasteiger partial charge in [-0.15, -0.1) is 11.8 Å². The number of carbonyl (C=O) groups excluding carboxylic acids is 2. The molecule has 0 bridgehead atoms.